The van der Waals surface area contributed by atoms with Crippen LogP contribution in [-0.2, 0) is 54.3 Å². The van der Waals surface area contributed by atoms with E-state index in [0.29, 0.717) is 29.0 Å². The monoisotopic (exact) mass is 887 g/mol. The van der Waals surface area contributed by atoms with Gasteiger partial charge in [-0.3, -0.25) is 24.0 Å². The van der Waals surface area contributed by atoms with Crippen molar-refractivity contribution in [2.75, 3.05) is 11.5 Å². The molecule has 0 radical (unpaired) electrons. The maximum Gasteiger partial charge on any atom is 0.303 e. The van der Waals surface area contributed by atoms with Gasteiger partial charge in [0.15, 0.2) is 18.3 Å². The number of rotatable bonds is 16. The highest BCUT2D eigenvalue weighted by Gasteiger charge is 2.53. The first-order chi connectivity index (χ1) is 31.3. The number of esters is 4. The molecule has 0 saturated carbocycles. The number of carbonyl (C=O) groups excluding carboxylic acids is 5. The van der Waals surface area contributed by atoms with E-state index >= 15 is 0 Å². The lowest BCUT2D eigenvalue weighted by Crippen LogP contribution is -2.59. The highest BCUT2D eigenvalue weighted by molar-refractivity contribution is 6.03. The summed E-state index contributed by atoms with van der Waals surface area (Å²) < 4.78 is 48.8. The van der Waals surface area contributed by atoms with E-state index in [1.807, 2.05) is 91.0 Å². The number of benzene rings is 5. The summed E-state index contributed by atoms with van der Waals surface area (Å²) in [6.45, 7) is 4.62. The Kier molecular flexibility index (Phi) is 14.7. The highest BCUT2D eigenvalue weighted by Crippen LogP contribution is 2.50. The normalized spacial score (nSPS) is 21.9. The third-order valence-corrected chi connectivity index (χ3v) is 11.4. The summed E-state index contributed by atoms with van der Waals surface area (Å²) >= 11 is 0. The first-order valence-corrected chi connectivity index (χ1v) is 21.3. The lowest BCUT2D eigenvalue weighted by molar-refractivity contribution is -0.254. The zero-order chi connectivity index (χ0) is 46.2. The molecule has 0 spiro atoms. The molecule has 8 atom stereocenters. The molecule has 338 valence electrons. The number of halogens is 1. The summed E-state index contributed by atoms with van der Waals surface area (Å²) in [6, 6.07) is 37.3. The van der Waals surface area contributed by atoms with Crippen LogP contribution in [0, 0.1) is 11.7 Å². The molecule has 2 saturated heterocycles. The summed E-state index contributed by atoms with van der Waals surface area (Å²) in [5, 5.41) is 11.1. The molecule has 0 bridgehead atoms. The molecule has 2 aliphatic rings. The van der Waals surface area contributed by atoms with Gasteiger partial charge in [-0.25, -0.2) is 4.39 Å². The van der Waals surface area contributed by atoms with Crippen LogP contribution in [-0.4, -0.2) is 65.9 Å². The smallest absolute Gasteiger partial charge is 0.303 e. The summed E-state index contributed by atoms with van der Waals surface area (Å²) in [5.41, 5.74) is 5.02. The molecule has 2 heterocycles. The molecule has 13 nitrogen and oxygen atoms in total. The summed E-state index contributed by atoms with van der Waals surface area (Å²) in [7, 11) is 0. The van der Waals surface area contributed by atoms with Gasteiger partial charge in [0.05, 0.1) is 18.1 Å². The van der Waals surface area contributed by atoms with Gasteiger partial charge in [-0.2, -0.15) is 0 Å². The van der Waals surface area contributed by atoms with E-state index in [9.17, 15) is 33.5 Å². The second kappa shape index (κ2) is 20.7. The van der Waals surface area contributed by atoms with Crippen molar-refractivity contribution < 1.29 is 61.9 Å². The molecule has 1 amide bonds. The molecule has 0 aliphatic carbocycles. The number of hydrogen-bond acceptors (Lipinski definition) is 12. The second-order valence-corrected chi connectivity index (χ2v) is 16.0. The average Bonchev–Trinajstić information content (AvgIpc) is 3.28. The van der Waals surface area contributed by atoms with Gasteiger partial charge in [0.25, 0.3) is 0 Å². The number of nitrogens with zero attached hydrogens (tertiary/aromatic N) is 1. The van der Waals surface area contributed by atoms with Crippen LogP contribution in [0.1, 0.15) is 81.0 Å². The molecule has 14 heteroatoms. The van der Waals surface area contributed by atoms with Gasteiger partial charge in [0, 0.05) is 38.9 Å². The number of aliphatic hydroxyl groups excluding tert-OH is 1. The van der Waals surface area contributed by atoms with Crippen LogP contribution >= 0.6 is 0 Å². The fourth-order valence-electron chi connectivity index (χ4n) is 8.43. The first kappa shape index (κ1) is 46.1. The first-order valence-electron chi connectivity index (χ1n) is 21.3. The maximum absolute atomic E-state index is 14.0. The lowest BCUT2D eigenvalue weighted by Gasteiger charge is -2.48. The highest BCUT2D eigenvalue weighted by atomic mass is 19.1. The SMILES string of the molecule is CC(=O)OC[C@H]1OC(c2ccc(-c3ccc([C@@H]4[C@@H](CC[C@H](O)c5ccc(F)cc5)C(=O)N4c4ccccc4)c(OCc4ccccc4)c3)cc2)[C@H](OC(C)=O)C(OC(C)=O)[C@@H]1OC(C)=O. The molecule has 7 rings (SSSR count). The number of β-lactam (4-membered cyclic amide) rings is 1. The van der Waals surface area contributed by atoms with E-state index in [1.165, 1.54) is 32.9 Å². The Bertz CT molecular complexity index is 2470. The third kappa shape index (κ3) is 11.1. The van der Waals surface area contributed by atoms with Crippen LogP contribution < -0.4 is 9.64 Å². The van der Waals surface area contributed by atoms with Crippen molar-refractivity contribution in [3.8, 4) is 16.9 Å². The van der Waals surface area contributed by atoms with E-state index in [-0.39, 0.29) is 25.5 Å². The number of anilines is 1. The zero-order valence-electron chi connectivity index (χ0n) is 36.3. The predicted molar refractivity (Wildman–Crippen MR) is 234 cm³/mol. The number of para-hydroxylation sites is 1. The van der Waals surface area contributed by atoms with Gasteiger partial charge in [0.2, 0.25) is 5.91 Å². The number of ether oxygens (including phenoxy) is 6. The minimum atomic E-state index is -1.32. The lowest BCUT2D eigenvalue weighted by atomic mass is 9.77. The maximum atomic E-state index is 14.0. The van der Waals surface area contributed by atoms with Crippen molar-refractivity contribution in [3.05, 3.63) is 155 Å². The van der Waals surface area contributed by atoms with Crippen LogP contribution in [0.3, 0.4) is 0 Å². The van der Waals surface area contributed by atoms with Gasteiger partial charge in [-0.1, -0.05) is 97.1 Å². The molecular weight excluding hydrogens is 838 g/mol. The molecule has 1 N–H and O–H groups in total. The van der Waals surface area contributed by atoms with Crippen LogP contribution in [0.5, 0.6) is 5.75 Å². The Hall–Kier alpha value is -6.90. The summed E-state index contributed by atoms with van der Waals surface area (Å²) in [4.78, 5) is 64.8. The fourth-order valence-corrected chi connectivity index (χ4v) is 8.43. The zero-order valence-corrected chi connectivity index (χ0v) is 36.3. The van der Waals surface area contributed by atoms with Crippen LogP contribution in [0.4, 0.5) is 10.1 Å². The number of carbonyl (C=O) groups is 5. The van der Waals surface area contributed by atoms with Crippen molar-refractivity contribution >= 4 is 35.5 Å². The predicted octanol–water partition coefficient (Wildman–Crippen LogP) is 8.09. The van der Waals surface area contributed by atoms with Crippen molar-refractivity contribution in [2.45, 2.75) is 89.8 Å². The standard InChI is InChI=1S/C51H50FNO12/c1-30(54)60-29-45-48(62-31(2)55)50(64-33(4)57)49(63-32(3)56)47(65-45)37-17-15-35(16-18-37)38-21-24-41(44(27-38)61-28-34-11-7-5-8-12-34)46-42(51(59)53(46)40-13-9-6-10-14-40)25-26-43(58)36-19-22-39(52)23-20-36/h5-24,27,42-43,45-50,58H,25-26,28-29H2,1-4H3/t42-,43+,45-,46-,47?,48-,49+,50?/m1/s1. The van der Waals surface area contributed by atoms with E-state index < -0.39 is 78.3 Å². The Labute approximate surface area is 376 Å². The Balaban J connectivity index is 1.23. The molecule has 65 heavy (non-hydrogen) atoms. The molecular formula is C51H50FNO12. The van der Waals surface area contributed by atoms with Gasteiger partial charge >= 0.3 is 23.9 Å². The van der Waals surface area contributed by atoms with Gasteiger partial charge < -0.3 is 38.4 Å². The minimum absolute atomic E-state index is 0.0941. The minimum Gasteiger partial charge on any atom is -0.489 e. The van der Waals surface area contributed by atoms with E-state index in [2.05, 4.69) is 0 Å². The molecule has 5 aromatic carbocycles. The molecule has 2 aliphatic heterocycles. The number of hydrogen-bond donors (Lipinski definition) is 1. The quantitative estimate of drug-likeness (QED) is 0.0576. The van der Waals surface area contributed by atoms with Gasteiger partial charge in [0.1, 0.15) is 37.0 Å². The topological polar surface area (TPSA) is 164 Å². The number of aliphatic hydroxyl groups is 1. The van der Waals surface area contributed by atoms with Crippen molar-refractivity contribution in [3.63, 3.8) is 0 Å². The van der Waals surface area contributed by atoms with E-state index in [4.69, 9.17) is 28.4 Å². The Morgan fingerprint density at radius 1 is 0.708 bits per heavy atom. The van der Waals surface area contributed by atoms with E-state index in [1.54, 1.807) is 29.2 Å². The van der Waals surface area contributed by atoms with Crippen LogP contribution in [0.2, 0.25) is 0 Å². The third-order valence-electron chi connectivity index (χ3n) is 11.4. The van der Waals surface area contributed by atoms with Gasteiger partial charge in [-0.05, 0) is 71.0 Å². The fraction of sp³-hybridized carbons (Fsp3) is 0.314. The van der Waals surface area contributed by atoms with E-state index in [0.717, 1.165) is 29.2 Å². The molecule has 0 aromatic heterocycles. The van der Waals surface area contributed by atoms with Crippen LogP contribution in [0.25, 0.3) is 11.1 Å². The second-order valence-electron chi connectivity index (χ2n) is 16.0. The van der Waals surface area contributed by atoms with Gasteiger partial charge in [-0.15, -0.1) is 0 Å². The largest absolute Gasteiger partial charge is 0.489 e. The molecule has 5 aromatic rings. The Morgan fingerprint density at radius 2 is 1.31 bits per heavy atom. The number of amides is 1. The van der Waals surface area contributed by atoms with Crippen LogP contribution in [0.15, 0.2) is 127 Å². The summed E-state index contributed by atoms with van der Waals surface area (Å²) in [5.74, 6) is -3.24. The molecule has 2 fully saturated rings. The Morgan fingerprint density at radius 3 is 1.94 bits per heavy atom. The molecule has 2 unspecified atom stereocenters. The van der Waals surface area contributed by atoms with Crippen molar-refractivity contribution in [1.29, 1.82) is 0 Å². The van der Waals surface area contributed by atoms with Crippen molar-refractivity contribution in [1.82, 2.24) is 0 Å². The summed E-state index contributed by atoms with van der Waals surface area (Å²) in [6.07, 6.45) is -6.32. The average molecular weight is 888 g/mol. The van der Waals surface area contributed by atoms with Crippen molar-refractivity contribution in [2.24, 2.45) is 5.92 Å².